The van der Waals surface area contributed by atoms with Gasteiger partial charge < -0.3 is 5.11 Å². The van der Waals surface area contributed by atoms with Crippen LogP contribution < -0.4 is 4.72 Å². The largest absolute Gasteiger partial charge is 0.392 e. The van der Waals surface area contributed by atoms with Crippen molar-refractivity contribution in [2.45, 2.75) is 50.7 Å². The summed E-state index contributed by atoms with van der Waals surface area (Å²) in [5, 5.41) is 8.97. The Hall–Kier alpha value is -0.980. The van der Waals surface area contributed by atoms with Crippen molar-refractivity contribution < 1.29 is 17.9 Å². The fraction of sp³-hybridized carbons (Fsp3) is 0.538. The lowest BCUT2D eigenvalue weighted by atomic mass is 10.1. The van der Waals surface area contributed by atoms with Crippen LogP contribution in [0.3, 0.4) is 0 Å². The van der Waals surface area contributed by atoms with Crippen molar-refractivity contribution >= 4 is 10.0 Å². The molecule has 0 radical (unpaired) electrons. The zero-order valence-electron chi connectivity index (χ0n) is 11.2. The molecule has 0 spiro atoms. The molecule has 0 aliphatic rings. The molecule has 1 aromatic carbocycles. The van der Waals surface area contributed by atoms with E-state index in [2.05, 4.69) is 4.72 Å². The van der Waals surface area contributed by atoms with Crippen LogP contribution in [0, 0.1) is 5.82 Å². The van der Waals surface area contributed by atoms with Gasteiger partial charge in [-0.1, -0.05) is 20.3 Å². The maximum Gasteiger partial charge on any atom is 0.240 e. The molecule has 1 atom stereocenters. The van der Waals surface area contributed by atoms with Gasteiger partial charge in [-0.15, -0.1) is 0 Å². The van der Waals surface area contributed by atoms with Gasteiger partial charge in [-0.25, -0.2) is 17.5 Å². The summed E-state index contributed by atoms with van der Waals surface area (Å²) in [6.07, 6.45) is 2.33. The van der Waals surface area contributed by atoms with E-state index in [0.717, 1.165) is 25.0 Å². The van der Waals surface area contributed by atoms with E-state index in [1.165, 1.54) is 6.07 Å². The maximum absolute atomic E-state index is 13.2. The number of aliphatic hydroxyl groups is 1. The van der Waals surface area contributed by atoms with Gasteiger partial charge in [-0.2, -0.15) is 0 Å². The molecule has 0 aliphatic carbocycles. The zero-order valence-corrected chi connectivity index (χ0v) is 12.0. The van der Waals surface area contributed by atoms with Gasteiger partial charge in [0, 0.05) is 11.6 Å². The molecule has 0 aromatic heterocycles. The van der Waals surface area contributed by atoms with Crippen LogP contribution >= 0.6 is 0 Å². The molecule has 0 heterocycles. The standard InChI is InChI=1S/C13H20FNO3S/c1-3-5-11(4-2)15-19(17,18)12-6-7-13(14)10(8-12)9-16/h6-8,11,15-16H,3-5,9H2,1-2H3. The van der Waals surface area contributed by atoms with E-state index < -0.39 is 22.4 Å². The smallest absolute Gasteiger partial charge is 0.240 e. The summed E-state index contributed by atoms with van der Waals surface area (Å²) in [6.45, 7) is 3.37. The molecule has 0 bridgehead atoms. The average molecular weight is 289 g/mol. The van der Waals surface area contributed by atoms with Gasteiger partial charge in [0.25, 0.3) is 0 Å². The lowest BCUT2D eigenvalue weighted by molar-refractivity contribution is 0.275. The Morgan fingerprint density at radius 2 is 2.05 bits per heavy atom. The molecule has 1 unspecified atom stereocenters. The first-order valence-electron chi connectivity index (χ1n) is 6.36. The van der Waals surface area contributed by atoms with Crippen molar-refractivity contribution in [1.82, 2.24) is 4.72 Å². The van der Waals surface area contributed by atoms with E-state index in [9.17, 15) is 12.8 Å². The van der Waals surface area contributed by atoms with E-state index in [0.29, 0.717) is 6.42 Å². The summed E-state index contributed by atoms with van der Waals surface area (Å²) in [6, 6.07) is 3.30. The first-order chi connectivity index (χ1) is 8.94. The Balaban J connectivity index is 2.99. The summed E-state index contributed by atoms with van der Waals surface area (Å²) in [5.74, 6) is -0.609. The molecule has 0 saturated heterocycles. The van der Waals surface area contributed by atoms with Crippen molar-refractivity contribution in [3.05, 3.63) is 29.6 Å². The second kappa shape index (κ2) is 6.98. The molecule has 0 saturated carbocycles. The molecular weight excluding hydrogens is 269 g/mol. The Morgan fingerprint density at radius 3 is 2.58 bits per heavy atom. The van der Waals surface area contributed by atoms with Crippen molar-refractivity contribution in [1.29, 1.82) is 0 Å². The van der Waals surface area contributed by atoms with Crippen LogP contribution in [-0.2, 0) is 16.6 Å². The number of sulfonamides is 1. The minimum absolute atomic E-state index is 0.0208. The predicted octanol–water partition coefficient (Wildman–Crippen LogP) is 2.17. The number of hydrogen-bond donors (Lipinski definition) is 2. The molecule has 6 heteroatoms. The van der Waals surface area contributed by atoms with Crippen LogP contribution in [-0.4, -0.2) is 19.6 Å². The zero-order chi connectivity index (χ0) is 14.5. The highest BCUT2D eigenvalue weighted by atomic mass is 32.2. The summed E-state index contributed by atoms with van der Waals surface area (Å²) in [4.78, 5) is -0.0208. The minimum atomic E-state index is -3.67. The van der Waals surface area contributed by atoms with E-state index in [1.54, 1.807) is 0 Å². The number of benzene rings is 1. The summed E-state index contributed by atoms with van der Waals surface area (Å²) in [7, 11) is -3.67. The van der Waals surface area contributed by atoms with Gasteiger partial charge in [-0.05, 0) is 31.0 Å². The SMILES string of the molecule is CCCC(CC)NS(=O)(=O)c1ccc(F)c(CO)c1. The number of rotatable bonds is 7. The van der Waals surface area contributed by atoms with Crippen LogP contribution in [0.5, 0.6) is 0 Å². The van der Waals surface area contributed by atoms with Crippen LogP contribution in [0.25, 0.3) is 0 Å². The van der Waals surface area contributed by atoms with Gasteiger partial charge in [0.1, 0.15) is 5.82 Å². The van der Waals surface area contributed by atoms with Gasteiger partial charge >= 0.3 is 0 Å². The summed E-state index contributed by atoms with van der Waals surface area (Å²) < 4.78 is 40.1. The summed E-state index contributed by atoms with van der Waals surface area (Å²) in [5.41, 5.74) is -0.0218. The number of halogens is 1. The first-order valence-corrected chi connectivity index (χ1v) is 7.84. The molecule has 0 amide bonds. The normalized spacial score (nSPS) is 13.5. The summed E-state index contributed by atoms with van der Waals surface area (Å²) >= 11 is 0. The van der Waals surface area contributed by atoms with E-state index >= 15 is 0 Å². The molecule has 1 rings (SSSR count). The molecule has 2 N–H and O–H groups in total. The molecular formula is C13H20FNO3S. The van der Waals surface area contributed by atoms with E-state index in [4.69, 9.17) is 5.11 Å². The fourth-order valence-corrected chi connectivity index (χ4v) is 3.23. The predicted molar refractivity (Wildman–Crippen MR) is 71.6 cm³/mol. The van der Waals surface area contributed by atoms with E-state index in [-0.39, 0.29) is 16.5 Å². The Bertz CT molecular complexity index is 517. The van der Waals surface area contributed by atoms with Crippen molar-refractivity contribution in [2.24, 2.45) is 0 Å². The van der Waals surface area contributed by atoms with Crippen molar-refractivity contribution in [3.8, 4) is 0 Å². The Morgan fingerprint density at radius 1 is 1.37 bits per heavy atom. The monoisotopic (exact) mass is 289 g/mol. The lowest BCUT2D eigenvalue weighted by Crippen LogP contribution is -2.34. The highest BCUT2D eigenvalue weighted by Gasteiger charge is 2.19. The van der Waals surface area contributed by atoms with Crippen LogP contribution in [0.2, 0.25) is 0 Å². The van der Waals surface area contributed by atoms with Gasteiger partial charge in [0.05, 0.1) is 11.5 Å². The van der Waals surface area contributed by atoms with Crippen LogP contribution in [0.15, 0.2) is 23.1 Å². The quantitative estimate of drug-likeness (QED) is 0.808. The third kappa shape index (κ3) is 4.26. The average Bonchev–Trinajstić information content (AvgIpc) is 2.38. The lowest BCUT2D eigenvalue weighted by Gasteiger charge is -2.16. The number of hydrogen-bond acceptors (Lipinski definition) is 3. The second-order valence-corrected chi connectivity index (χ2v) is 6.14. The van der Waals surface area contributed by atoms with Crippen molar-refractivity contribution in [3.63, 3.8) is 0 Å². The first kappa shape index (κ1) is 16.1. The minimum Gasteiger partial charge on any atom is -0.392 e. The molecule has 0 fully saturated rings. The van der Waals surface area contributed by atoms with Gasteiger partial charge in [-0.3, -0.25) is 0 Å². The van der Waals surface area contributed by atoms with Crippen LogP contribution in [0.4, 0.5) is 4.39 Å². The Kier molecular flexibility index (Phi) is 5.90. The fourth-order valence-electron chi connectivity index (χ4n) is 1.82. The van der Waals surface area contributed by atoms with Gasteiger partial charge in [0.15, 0.2) is 0 Å². The topological polar surface area (TPSA) is 66.4 Å². The maximum atomic E-state index is 13.2. The third-order valence-electron chi connectivity index (χ3n) is 2.95. The van der Waals surface area contributed by atoms with Gasteiger partial charge in [0.2, 0.25) is 10.0 Å². The molecule has 19 heavy (non-hydrogen) atoms. The second-order valence-electron chi connectivity index (χ2n) is 4.43. The third-order valence-corrected chi connectivity index (χ3v) is 4.47. The molecule has 108 valence electrons. The highest BCUT2D eigenvalue weighted by Crippen LogP contribution is 2.16. The van der Waals surface area contributed by atoms with E-state index in [1.807, 2.05) is 13.8 Å². The highest BCUT2D eigenvalue weighted by molar-refractivity contribution is 7.89. The molecule has 1 aromatic rings. The number of aliphatic hydroxyl groups excluding tert-OH is 1. The van der Waals surface area contributed by atoms with Crippen molar-refractivity contribution in [2.75, 3.05) is 0 Å². The Labute approximate surface area is 113 Å². The molecule has 0 aliphatic heterocycles. The number of nitrogens with one attached hydrogen (secondary N) is 1. The van der Waals surface area contributed by atoms with Crippen LogP contribution in [0.1, 0.15) is 38.7 Å². The molecule has 4 nitrogen and oxygen atoms in total.